The van der Waals surface area contributed by atoms with Crippen molar-refractivity contribution in [3.05, 3.63) is 52.4 Å². The molecule has 0 saturated heterocycles. The topological polar surface area (TPSA) is 74.2 Å². The molecule has 0 unspecified atom stereocenters. The number of allylic oxidation sites excluding steroid dienone is 2. The molecule has 0 bridgehead atoms. The van der Waals surface area contributed by atoms with Crippen LogP contribution in [0.4, 0.5) is 10.7 Å². The maximum Gasteiger partial charge on any atom is 0.341 e. The third-order valence-electron chi connectivity index (χ3n) is 3.43. The highest BCUT2D eigenvalue weighted by Gasteiger charge is 2.23. The van der Waals surface area contributed by atoms with Gasteiger partial charge < -0.3 is 15.4 Å². The van der Waals surface area contributed by atoms with Gasteiger partial charge in [-0.3, -0.25) is 0 Å². The van der Waals surface area contributed by atoms with Crippen molar-refractivity contribution in [2.75, 3.05) is 17.7 Å². The standard InChI is InChI=1S/C18H17N3O2S2/c1-11(9-10-19)15-12(2)14(17(22)23-3)16(25-15)21-18(24)20-13-7-5-4-6-8-13/h4-9H,1-3H3,(H2,20,21,24). The number of para-hydroxylation sites is 1. The lowest BCUT2D eigenvalue weighted by Gasteiger charge is -2.10. The molecule has 0 radical (unpaired) electrons. The van der Waals surface area contributed by atoms with Gasteiger partial charge in [-0.05, 0) is 49.3 Å². The van der Waals surface area contributed by atoms with Crippen LogP contribution >= 0.6 is 23.6 Å². The van der Waals surface area contributed by atoms with E-state index in [4.69, 9.17) is 22.2 Å². The number of nitriles is 1. The number of anilines is 2. The van der Waals surface area contributed by atoms with Gasteiger partial charge in [0, 0.05) is 16.6 Å². The number of nitrogens with zero attached hydrogens (tertiary/aromatic N) is 1. The summed E-state index contributed by atoms with van der Waals surface area (Å²) in [5.41, 5.74) is 2.80. The Morgan fingerprint density at radius 1 is 1.32 bits per heavy atom. The number of carbonyl (C=O) groups is 1. The van der Waals surface area contributed by atoms with Crippen LogP contribution in [0, 0.1) is 18.3 Å². The summed E-state index contributed by atoms with van der Waals surface area (Å²) in [4.78, 5) is 13.0. The van der Waals surface area contributed by atoms with Gasteiger partial charge in [0.05, 0.1) is 18.7 Å². The van der Waals surface area contributed by atoms with Crippen LogP contribution in [0.25, 0.3) is 5.57 Å². The molecule has 0 aliphatic carbocycles. The van der Waals surface area contributed by atoms with E-state index in [-0.39, 0.29) is 0 Å². The lowest BCUT2D eigenvalue weighted by Crippen LogP contribution is -2.20. The maximum atomic E-state index is 12.2. The summed E-state index contributed by atoms with van der Waals surface area (Å²) in [6.07, 6.45) is 1.45. The first-order valence-electron chi connectivity index (χ1n) is 7.39. The number of hydrogen-bond donors (Lipinski definition) is 2. The number of rotatable bonds is 4. The Morgan fingerprint density at radius 3 is 2.60 bits per heavy atom. The van der Waals surface area contributed by atoms with Crippen molar-refractivity contribution in [2.24, 2.45) is 0 Å². The molecular weight excluding hydrogens is 354 g/mol. The minimum absolute atomic E-state index is 0.367. The molecule has 7 heteroatoms. The Kier molecular flexibility index (Phi) is 6.28. The lowest BCUT2D eigenvalue weighted by atomic mass is 10.1. The molecule has 1 heterocycles. The summed E-state index contributed by atoms with van der Waals surface area (Å²) >= 11 is 6.69. The third-order valence-corrected chi connectivity index (χ3v) is 4.98. The van der Waals surface area contributed by atoms with Crippen molar-refractivity contribution in [1.29, 1.82) is 5.26 Å². The predicted octanol–water partition coefficient (Wildman–Crippen LogP) is 4.58. The second-order valence-electron chi connectivity index (χ2n) is 5.15. The van der Waals surface area contributed by atoms with Crippen LogP contribution in [0.15, 0.2) is 36.4 Å². The van der Waals surface area contributed by atoms with E-state index >= 15 is 0 Å². The lowest BCUT2D eigenvalue weighted by molar-refractivity contribution is 0.0601. The van der Waals surface area contributed by atoms with Gasteiger partial charge in [0.25, 0.3) is 0 Å². The van der Waals surface area contributed by atoms with Crippen LogP contribution in [0.1, 0.15) is 27.7 Å². The van der Waals surface area contributed by atoms with E-state index in [0.29, 0.717) is 15.7 Å². The maximum absolute atomic E-state index is 12.2. The summed E-state index contributed by atoms with van der Waals surface area (Å²) in [6.45, 7) is 3.65. The van der Waals surface area contributed by atoms with Crippen molar-refractivity contribution >= 4 is 50.9 Å². The largest absolute Gasteiger partial charge is 0.465 e. The number of nitrogens with one attached hydrogen (secondary N) is 2. The fraction of sp³-hybridized carbons (Fsp3) is 0.167. The Bertz CT molecular complexity index is 864. The summed E-state index contributed by atoms with van der Waals surface area (Å²) in [7, 11) is 1.33. The van der Waals surface area contributed by atoms with Crippen LogP contribution in [0.5, 0.6) is 0 Å². The number of benzene rings is 1. The molecule has 128 valence electrons. The van der Waals surface area contributed by atoms with Gasteiger partial charge in [-0.2, -0.15) is 5.26 Å². The number of ether oxygens (including phenoxy) is 1. The van der Waals surface area contributed by atoms with Crippen molar-refractivity contribution < 1.29 is 9.53 Å². The number of carbonyl (C=O) groups excluding carboxylic acids is 1. The van der Waals surface area contributed by atoms with E-state index in [1.165, 1.54) is 24.5 Å². The highest BCUT2D eigenvalue weighted by Crippen LogP contribution is 2.37. The van der Waals surface area contributed by atoms with E-state index in [9.17, 15) is 4.79 Å². The average Bonchev–Trinajstić information content (AvgIpc) is 2.91. The minimum atomic E-state index is -0.449. The Balaban J connectivity index is 2.34. The molecule has 0 aliphatic rings. The number of methoxy groups -OCH3 is 1. The SMILES string of the molecule is COC(=O)c1c(NC(=S)Nc2ccccc2)sc(C(C)=CC#N)c1C. The molecule has 0 saturated carbocycles. The van der Waals surface area contributed by atoms with Crippen LogP contribution in [0.3, 0.4) is 0 Å². The molecule has 1 aromatic carbocycles. The first-order chi connectivity index (χ1) is 12.0. The second kappa shape index (κ2) is 8.42. The number of thiophene rings is 1. The Labute approximate surface area is 155 Å². The number of hydrogen-bond acceptors (Lipinski definition) is 5. The quantitative estimate of drug-likeness (QED) is 0.466. The molecule has 5 nitrogen and oxygen atoms in total. The van der Waals surface area contributed by atoms with E-state index < -0.39 is 5.97 Å². The molecule has 0 spiro atoms. The first-order valence-corrected chi connectivity index (χ1v) is 8.62. The Hall–Kier alpha value is -2.69. The molecular formula is C18H17N3O2S2. The first kappa shape index (κ1) is 18.6. The van der Waals surface area contributed by atoms with Crippen LogP contribution in [-0.2, 0) is 4.74 Å². The van der Waals surface area contributed by atoms with Crippen LogP contribution < -0.4 is 10.6 Å². The van der Waals surface area contributed by atoms with Crippen molar-refractivity contribution in [2.45, 2.75) is 13.8 Å². The van der Waals surface area contributed by atoms with Crippen LogP contribution in [0.2, 0.25) is 0 Å². The van der Waals surface area contributed by atoms with E-state index in [2.05, 4.69) is 10.6 Å². The number of esters is 1. The molecule has 0 aliphatic heterocycles. The molecule has 0 atom stereocenters. The van der Waals surface area contributed by atoms with Gasteiger partial charge in [0.2, 0.25) is 0 Å². The summed E-state index contributed by atoms with van der Waals surface area (Å²) in [5, 5.41) is 15.9. The highest BCUT2D eigenvalue weighted by molar-refractivity contribution is 7.80. The fourth-order valence-electron chi connectivity index (χ4n) is 2.27. The summed E-state index contributed by atoms with van der Waals surface area (Å²) < 4.78 is 4.89. The molecule has 2 N–H and O–H groups in total. The van der Waals surface area contributed by atoms with Crippen molar-refractivity contribution in [3.63, 3.8) is 0 Å². The van der Waals surface area contributed by atoms with E-state index in [1.54, 1.807) is 0 Å². The Morgan fingerprint density at radius 2 is 2.00 bits per heavy atom. The van der Waals surface area contributed by atoms with E-state index in [0.717, 1.165) is 21.7 Å². The van der Waals surface area contributed by atoms with Gasteiger partial charge in [0.15, 0.2) is 5.11 Å². The zero-order valence-corrected chi connectivity index (χ0v) is 15.7. The summed E-state index contributed by atoms with van der Waals surface area (Å²) in [6, 6.07) is 11.5. The van der Waals surface area contributed by atoms with Crippen molar-refractivity contribution in [1.82, 2.24) is 0 Å². The van der Waals surface area contributed by atoms with Crippen LogP contribution in [-0.4, -0.2) is 18.2 Å². The van der Waals surface area contributed by atoms with Gasteiger partial charge >= 0.3 is 5.97 Å². The van der Waals surface area contributed by atoms with Gasteiger partial charge in [-0.15, -0.1) is 11.3 Å². The zero-order chi connectivity index (χ0) is 18.4. The highest BCUT2D eigenvalue weighted by atomic mass is 32.1. The molecule has 0 amide bonds. The zero-order valence-electron chi connectivity index (χ0n) is 14.0. The average molecular weight is 371 g/mol. The predicted molar refractivity (Wildman–Crippen MR) is 106 cm³/mol. The second-order valence-corrected chi connectivity index (χ2v) is 6.58. The molecule has 1 aromatic heterocycles. The normalized spacial score (nSPS) is 10.7. The van der Waals surface area contributed by atoms with Gasteiger partial charge in [0.1, 0.15) is 5.00 Å². The molecule has 25 heavy (non-hydrogen) atoms. The van der Waals surface area contributed by atoms with E-state index in [1.807, 2.05) is 50.2 Å². The molecule has 0 fully saturated rings. The smallest absolute Gasteiger partial charge is 0.341 e. The van der Waals surface area contributed by atoms with Crippen molar-refractivity contribution in [3.8, 4) is 6.07 Å². The molecule has 2 rings (SSSR count). The van der Waals surface area contributed by atoms with Gasteiger partial charge in [-0.25, -0.2) is 4.79 Å². The fourth-order valence-corrected chi connectivity index (χ4v) is 3.73. The minimum Gasteiger partial charge on any atom is -0.465 e. The number of thiocarbonyl (C=S) groups is 1. The third kappa shape index (κ3) is 4.44. The summed E-state index contributed by atoms with van der Waals surface area (Å²) in [5.74, 6) is -0.449. The van der Waals surface area contributed by atoms with Gasteiger partial charge in [-0.1, -0.05) is 18.2 Å². The monoisotopic (exact) mass is 371 g/mol. The molecule has 2 aromatic rings.